The predicted octanol–water partition coefficient (Wildman–Crippen LogP) is 2.64. The second-order valence-electron chi connectivity index (χ2n) is 4.07. The Bertz CT molecular complexity index is 383. The van der Waals surface area contributed by atoms with E-state index < -0.39 is 0 Å². The van der Waals surface area contributed by atoms with Crippen LogP contribution in [0.15, 0.2) is 17.2 Å². The van der Waals surface area contributed by atoms with Gasteiger partial charge in [0.25, 0.3) is 0 Å². The minimum atomic E-state index is 0.380. The summed E-state index contributed by atoms with van der Waals surface area (Å²) in [5, 5.41) is 8.28. The number of hydrogen-bond acceptors (Lipinski definition) is 6. The van der Waals surface area contributed by atoms with Crippen LogP contribution in [0.25, 0.3) is 0 Å². The van der Waals surface area contributed by atoms with Crippen LogP contribution in [0.4, 0.5) is 0 Å². The first-order valence-electron chi connectivity index (χ1n) is 6.22. The van der Waals surface area contributed by atoms with Crippen LogP contribution in [0, 0.1) is 0 Å². The van der Waals surface area contributed by atoms with Gasteiger partial charge in [-0.3, -0.25) is 0 Å². The van der Waals surface area contributed by atoms with E-state index in [-0.39, 0.29) is 0 Å². The van der Waals surface area contributed by atoms with E-state index in [1.165, 1.54) is 11.5 Å². The highest BCUT2D eigenvalue weighted by Gasteiger charge is 2.30. The van der Waals surface area contributed by atoms with Gasteiger partial charge in [-0.2, -0.15) is 16.7 Å². The molecule has 6 heteroatoms. The molecule has 0 bridgehead atoms. The van der Waals surface area contributed by atoms with Crippen LogP contribution in [0.3, 0.4) is 0 Å². The van der Waals surface area contributed by atoms with Crippen molar-refractivity contribution in [2.24, 2.45) is 0 Å². The van der Waals surface area contributed by atoms with Gasteiger partial charge in [-0.15, -0.1) is 18.3 Å². The molecule has 2 atom stereocenters. The smallest absolute Gasteiger partial charge is 0.240 e. The lowest BCUT2D eigenvalue weighted by atomic mass is 10.2. The summed E-state index contributed by atoms with van der Waals surface area (Å²) in [5.74, 6) is 3.92. The van der Waals surface area contributed by atoms with Crippen molar-refractivity contribution in [3.05, 3.63) is 24.4 Å². The molecule has 0 amide bonds. The molecular weight excluding hydrogens is 266 g/mol. The number of hydrogen-bond donors (Lipinski definition) is 1. The first-order chi connectivity index (χ1) is 8.85. The van der Waals surface area contributed by atoms with E-state index in [1.807, 2.05) is 29.6 Å². The molecule has 2 heterocycles. The van der Waals surface area contributed by atoms with Crippen LogP contribution < -0.4 is 5.32 Å². The number of aromatic nitrogens is 2. The molecule has 0 aliphatic carbocycles. The van der Waals surface area contributed by atoms with Gasteiger partial charge in [0.15, 0.2) is 5.82 Å². The minimum absolute atomic E-state index is 0.380. The van der Waals surface area contributed by atoms with E-state index in [9.17, 15) is 0 Å². The van der Waals surface area contributed by atoms with Crippen molar-refractivity contribution in [1.29, 1.82) is 0 Å². The summed E-state index contributed by atoms with van der Waals surface area (Å²) in [4.78, 5) is 4.50. The molecule has 1 aliphatic rings. The Hall–Kier alpha value is -0.460. The molecule has 18 heavy (non-hydrogen) atoms. The summed E-state index contributed by atoms with van der Waals surface area (Å²) in [6.07, 6.45) is 2.97. The fourth-order valence-electron chi connectivity index (χ4n) is 1.88. The first-order valence-corrected chi connectivity index (χ1v) is 8.32. The fraction of sp³-hybridized carbons (Fsp3) is 0.667. The van der Waals surface area contributed by atoms with E-state index in [2.05, 4.69) is 29.0 Å². The van der Waals surface area contributed by atoms with Gasteiger partial charge in [0.2, 0.25) is 5.89 Å². The SMILES string of the molecule is C=CCNCc1nc(C2SCCSC2CC)no1. The summed E-state index contributed by atoms with van der Waals surface area (Å²) in [7, 11) is 0. The van der Waals surface area contributed by atoms with Crippen molar-refractivity contribution in [2.45, 2.75) is 30.4 Å². The number of nitrogens with one attached hydrogen (secondary N) is 1. The lowest BCUT2D eigenvalue weighted by molar-refractivity contribution is 0.364. The van der Waals surface area contributed by atoms with Crippen molar-refractivity contribution in [3.63, 3.8) is 0 Å². The highest BCUT2D eigenvalue weighted by atomic mass is 32.2. The third-order valence-corrected chi connectivity index (χ3v) is 6.00. The van der Waals surface area contributed by atoms with E-state index in [0.717, 1.165) is 18.8 Å². The van der Waals surface area contributed by atoms with Gasteiger partial charge in [-0.25, -0.2) is 0 Å². The van der Waals surface area contributed by atoms with Gasteiger partial charge < -0.3 is 9.84 Å². The van der Waals surface area contributed by atoms with E-state index in [4.69, 9.17) is 4.52 Å². The first kappa shape index (κ1) is 14.0. The number of rotatable bonds is 6. The zero-order chi connectivity index (χ0) is 12.8. The van der Waals surface area contributed by atoms with Crippen LogP contribution in [0.2, 0.25) is 0 Å². The Balaban J connectivity index is 1.97. The summed E-state index contributed by atoms with van der Waals surface area (Å²) in [5.41, 5.74) is 0. The Morgan fingerprint density at radius 3 is 3.11 bits per heavy atom. The molecule has 1 aromatic heterocycles. The standard InChI is InChI=1S/C12H19N3OS2/c1-3-5-13-8-10-14-12(15-16-10)11-9(4-2)17-6-7-18-11/h3,9,11,13H,1,4-8H2,2H3. The molecule has 2 unspecified atom stereocenters. The van der Waals surface area contributed by atoms with Crippen molar-refractivity contribution >= 4 is 23.5 Å². The maximum Gasteiger partial charge on any atom is 0.240 e. The summed E-state index contributed by atoms with van der Waals surface area (Å²) in [6, 6.07) is 0. The minimum Gasteiger partial charge on any atom is -0.338 e. The maximum atomic E-state index is 5.28. The van der Waals surface area contributed by atoms with E-state index in [0.29, 0.717) is 22.9 Å². The largest absolute Gasteiger partial charge is 0.338 e. The molecule has 4 nitrogen and oxygen atoms in total. The van der Waals surface area contributed by atoms with Crippen LogP contribution in [-0.2, 0) is 6.54 Å². The van der Waals surface area contributed by atoms with E-state index >= 15 is 0 Å². The summed E-state index contributed by atoms with van der Waals surface area (Å²) in [6.45, 7) is 7.25. The normalized spacial score (nSPS) is 24.1. The van der Waals surface area contributed by atoms with Gasteiger partial charge in [0.05, 0.1) is 11.8 Å². The van der Waals surface area contributed by atoms with Gasteiger partial charge in [-0.1, -0.05) is 18.2 Å². The molecule has 2 rings (SSSR count). The Morgan fingerprint density at radius 1 is 1.50 bits per heavy atom. The van der Waals surface area contributed by atoms with Crippen LogP contribution in [-0.4, -0.2) is 33.4 Å². The number of nitrogens with zero attached hydrogens (tertiary/aromatic N) is 2. The highest BCUT2D eigenvalue weighted by molar-refractivity contribution is 8.06. The molecule has 1 fully saturated rings. The summed E-state index contributed by atoms with van der Waals surface area (Å²) < 4.78 is 5.28. The van der Waals surface area contributed by atoms with Crippen molar-refractivity contribution in [3.8, 4) is 0 Å². The fourth-order valence-corrected chi connectivity index (χ4v) is 4.86. The third kappa shape index (κ3) is 3.52. The molecule has 0 radical (unpaired) electrons. The molecule has 0 saturated carbocycles. The zero-order valence-corrected chi connectivity index (χ0v) is 12.2. The van der Waals surface area contributed by atoms with Crippen LogP contribution in [0.1, 0.15) is 30.3 Å². The van der Waals surface area contributed by atoms with Gasteiger partial charge in [0, 0.05) is 23.3 Å². The second-order valence-corrected chi connectivity index (χ2v) is 6.67. The lowest BCUT2D eigenvalue weighted by Crippen LogP contribution is -2.19. The molecule has 0 aromatic carbocycles. The molecular formula is C12H19N3OS2. The molecule has 1 N–H and O–H groups in total. The average Bonchev–Trinajstić information content (AvgIpc) is 2.88. The topological polar surface area (TPSA) is 51.0 Å². The maximum absolute atomic E-state index is 5.28. The van der Waals surface area contributed by atoms with Gasteiger partial charge in [-0.05, 0) is 6.42 Å². The molecule has 1 aliphatic heterocycles. The Labute approximate surface area is 116 Å². The molecule has 0 spiro atoms. The van der Waals surface area contributed by atoms with Crippen molar-refractivity contribution in [1.82, 2.24) is 15.5 Å². The van der Waals surface area contributed by atoms with Gasteiger partial charge >= 0.3 is 0 Å². The molecule has 100 valence electrons. The van der Waals surface area contributed by atoms with E-state index in [1.54, 1.807) is 0 Å². The third-order valence-electron chi connectivity index (χ3n) is 2.76. The summed E-state index contributed by atoms with van der Waals surface area (Å²) >= 11 is 3.97. The highest BCUT2D eigenvalue weighted by Crippen LogP contribution is 2.42. The van der Waals surface area contributed by atoms with Crippen LogP contribution in [0.5, 0.6) is 0 Å². The Kier molecular flexibility index (Phi) is 5.59. The molecule has 1 saturated heterocycles. The van der Waals surface area contributed by atoms with Crippen LogP contribution >= 0.6 is 23.5 Å². The lowest BCUT2D eigenvalue weighted by Gasteiger charge is -2.27. The monoisotopic (exact) mass is 285 g/mol. The van der Waals surface area contributed by atoms with Crippen molar-refractivity contribution < 1.29 is 4.52 Å². The number of thioether (sulfide) groups is 2. The quantitative estimate of drug-likeness (QED) is 0.640. The molecule has 1 aromatic rings. The zero-order valence-electron chi connectivity index (χ0n) is 10.6. The van der Waals surface area contributed by atoms with Crippen molar-refractivity contribution in [2.75, 3.05) is 18.1 Å². The average molecular weight is 285 g/mol. The predicted molar refractivity (Wildman–Crippen MR) is 77.9 cm³/mol. The van der Waals surface area contributed by atoms with Gasteiger partial charge in [0.1, 0.15) is 0 Å². The second kappa shape index (κ2) is 7.21. The Morgan fingerprint density at radius 2 is 2.33 bits per heavy atom.